The Kier molecular flexibility index (Phi) is 3.31. The van der Waals surface area contributed by atoms with Gasteiger partial charge in [-0.1, -0.05) is 11.6 Å². The van der Waals surface area contributed by atoms with Crippen LogP contribution in [0.3, 0.4) is 0 Å². The Morgan fingerprint density at radius 2 is 2.46 bits per heavy atom. The molecule has 13 heavy (non-hydrogen) atoms. The van der Waals surface area contributed by atoms with Gasteiger partial charge in [0, 0.05) is 6.54 Å². The van der Waals surface area contributed by atoms with Crippen LogP contribution >= 0.6 is 11.6 Å². The summed E-state index contributed by atoms with van der Waals surface area (Å²) >= 11 is 5.77. The molecule has 0 aromatic carbocycles. The highest BCUT2D eigenvalue weighted by atomic mass is 35.5. The molecule has 0 spiro atoms. The fourth-order valence-corrected chi connectivity index (χ4v) is 1.11. The molecule has 1 N–H and O–H groups in total. The maximum Gasteiger partial charge on any atom is 0.241 e. The van der Waals surface area contributed by atoms with Crippen molar-refractivity contribution in [1.29, 1.82) is 0 Å². The number of carbonyl (C=O) groups excluding carboxylic acids is 1. The monoisotopic (exact) mass is 201 g/mol. The van der Waals surface area contributed by atoms with Gasteiger partial charge in [0.2, 0.25) is 5.91 Å². The lowest BCUT2D eigenvalue weighted by atomic mass is 10.4. The van der Waals surface area contributed by atoms with Crippen LogP contribution in [0.4, 0.5) is 0 Å². The van der Waals surface area contributed by atoms with Crippen LogP contribution in [0.5, 0.6) is 0 Å². The number of rotatable bonds is 3. The van der Waals surface area contributed by atoms with Crippen LogP contribution in [0.15, 0.2) is 6.20 Å². The van der Waals surface area contributed by atoms with Crippen LogP contribution in [0, 0.1) is 6.92 Å². The third kappa shape index (κ3) is 2.45. The van der Waals surface area contributed by atoms with Crippen molar-refractivity contribution in [1.82, 2.24) is 15.1 Å². The minimum absolute atomic E-state index is 0.0506. The lowest BCUT2D eigenvalue weighted by Gasteiger charge is -2.03. The fraction of sp³-hybridized carbons (Fsp3) is 0.500. The van der Waals surface area contributed by atoms with E-state index in [0.717, 1.165) is 5.69 Å². The second-order valence-corrected chi connectivity index (χ2v) is 3.10. The van der Waals surface area contributed by atoms with Crippen molar-refractivity contribution in [3.63, 3.8) is 0 Å². The standard InChI is InChI=1S/C8H12ClN3O/c1-3-10-8(13)5-12-6(2)7(9)4-11-12/h4H,3,5H2,1-2H3,(H,10,13). The number of nitrogens with zero attached hydrogens (tertiary/aromatic N) is 2. The largest absolute Gasteiger partial charge is 0.355 e. The predicted molar refractivity (Wildman–Crippen MR) is 50.7 cm³/mol. The second kappa shape index (κ2) is 4.28. The van der Waals surface area contributed by atoms with Crippen LogP contribution in [-0.2, 0) is 11.3 Å². The first kappa shape index (κ1) is 10.1. The quantitative estimate of drug-likeness (QED) is 0.793. The van der Waals surface area contributed by atoms with Crippen molar-refractivity contribution in [2.45, 2.75) is 20.4 Å². The SMILES string of the molecule is CCNC(=O)Cn1ncc(Cl)c1C. The molecular formula is C8H12ClN3O. The Bertz CT molecular complexity index is 308. The van der Waals surface area contributed by atoms with Crippen LogP contribution in [0.2, 0.25) is 5.02 Å². The molecule has 5 heteroatoms. The van der Waals surface area contributed by atoms with Crippen molar-refractivity contribution < 1.29 is 4.79 Å². The maximum absolute atomic E-state index is 11.2. The highest BCUT2D eigenvalue weighted by Gasteiger charge is 2.06. The number of likely N-dealkylation sites (N-methyl/N-ethyl adjacent to an activating group) is 1. The van der Waals surface area contributed by atoms with Crippen molar-refractivity contribution >= 4 is 17.5 Å². The first-order chi connectivity index (χ1) is 6.15. The van der Waals surface area contributed by atoms with Crippen LogP contribution < -0.4 is 5.32 Å². The molecule has 72 valence electrons. The number of carbonyl (C=O) groups is 1. The van der Waals surface area contributed by atoms with E-state index in [4.69, 9.17) is 11.6 Å². The average molecular weight is 202 g/mol. The molecule has 0 aliphatic rings. The molecule has 0 fully saturated rings. The van der Waals surface area contributed by atoms with E-state index in [1.165, 1.54) is 6.20 Å². The molecule has 0 atom stereocenters. The van der Waals surface area contributed by atoms with Crippen molar-refractivity contribution in [3.05, 3.63) is 16.9 Å². The van der Waals surface area contributed by atoms with Crippen LogP contribution in [-0.4, -0.2) is 22.2 Å². The summed E-state index contributed by atoms with van der Waals surface area (Å²) in [6.07, 6.45) is 1.54. The number of halogens is 1. The van der Waals surface area contributed by atoms with Crippen molar-refractivity contribution in [3.8, 4) is 0 Å². The summed E-state index contributed by atoms with van der Waals surface area (Å²) in [5.74, 6) is -0.0506. The van der Waals surface area contributed by atoms with E-state index in [1.807, 2.05) is 13.8 Å². The minimum Gasteiger partial charge on any atom is -0.355 e. The summed E-state index contributed by atoms with van der Waals surface area (Å²) in [5, 5.41) is 7.24. The van der Waals surface area contributed by atoms with Gasteiger partial charge in [0.15, 0.2) is 0 Å². The average Bonchev–Trinajstić information content (AvgIpc) is 2.37. The number of hydrogen-bond acceptors (Lipinski definition) is 2. The maximum atomic E-state index is 11.2. The zero-order chi connectivity index (χ0) is 9.84. The highest BCUT2D eigenvalue weighted by molar-refractivity contribution is 6.31. The molecule has 1 aromatic rings. The summed E-state index contributed by atoms with van der Waals surface area (Å²) in [4.78, 5) is 11.2. The molecule has 1 aromatic heterocycles. The molecule has 0 aliphatic heterocycles. The molecule has 0 bridgehead atoms. The summed E-state index contributed by atoms with van der Waals surface area (Å²) in [6.45, 7) is 4.56. The molecular weight excluding hydrogens is 190 g/mol. The van der Waals surface area contributed by atoms with E-state index in [0.29, 0.717) is 11.6 Å². The molecule has 4 nitrogen and oxygen atoms in total. The van der Waals surface area contributed by atoms with Gasteiger partial charge in [0.05, 0.1) is 16.9 Å². The third-order valence-corrected chi connectivity index (χ3v) is 2.08. The lowest BCUT2D eigenvalue weighted by Crippen LogP contribution is -2.27. The van der Waals surface area contributed by atoms with Gasteiger partial charge < -0.3 is 5.32 Å². The molecule has 1 rings (SSSR count). The number of amides is 1. The molecule has 0 saturated heterocycles. The van der Waals surface area contributed by atoms with Gasteiger partial charge in [-0.2, -0.15) is 5.10 Å². The van der Waals surface area contributed by atoms with Gasteiger partial charge in [-0.05, 0) is 13.8 Å². The smallest absolute Gasteiger partial charge is 0.241 e. The zero-order valence-corrected chi connectivity index (χ0v) is 8.43. The van der Waals surface area contributed by atoms with E-state index in [2.05, 4.69) is 10.4 Å². The van der Waals surface area contributed by atoms with E-state index in [-0.39, 0.29) is 12.5 Å². The normalized spacial score (nSPS) is 10.1. The Morgan fingerprint density at radius 3 is 2.92 bits per heavy atom. The number of aromatic nitrogens is 2. The van der Waals surface area contributed by atoms with Crippen molar-refractivity contribution in [2.75, 3.05) is 6.54 Å². The minimum atomic E-state index is -0.0506. The molecule has 1 heterocycles. The number of nitrogens with one attached hydrogen (secondary N) is 1. The van der Waals surface area contributed by atoms with Gasteiger partial charge in [-0.3, -0.25) is 9.48 Å². The molecule has 0 unspecified atom stereocenters. The molecule has 0 aliphatic carbocycles. The predicted octanol–water partition coefficient (Wildman–Crippen LogP) is 0.981. The van der Waals surface area contributed by atoms with Gasteiger partial charge in [-0.25, -0.2) is 0 Å². The number of hydrogen-bond donors (Lipinski definition) is 1. The van der Waals surface area contributed by atoms with E-state index >= 15 is 0 Å². The van der Waals surface area contributed by atoms with E-state index in [9.17, 15) is 4.79 Å². The molecule has 0 radical (unpaired) electrons. The second-order valence-electron chi connectivity index (χ2n) is 2.69. The van der Waals surface area contributed by atoms with E-state index in [1.54, 1.807) is 4.68 Å². The Balaban J connectivity index is 2.64. The van der Waals surface area contributed by atoms with Gasteiger partial charge in [0.1, 0.15) is 6.54 Å². The van der Waals surface area contributed by atoms with Gasteiger partial charge in [-0.15, -0.1) is 0 Å². The van der Waals surface area contributed by atoms with Crippen LogP contribution in [0.1, 0.15) is 12.6 Å². The lowest BCUT2D eigenvalue weighted by molar-refractivity contribution is -0.121. The Labute approximate surface area is 81.9 Å². The highest BCUT2D eigenvalue weighted by Crippen LogP contribution is 2.12. The Morgan fingerprint density at radius 1 is 1.77 bits per heavy atom. The van der Waals surface area contributed by atoms with Crippen molar-refractivity contribution in [2.24, 2.45) is 0 Å². The summed E-state index contributed by atoms with van der Waals surface area (Å²) in [7, 11) is 0. The van der Waals surface area contributed by atoms with Gasteiger partial charge in [0.25, 0.3) is 0 Å². The molecule has 1 amide bonds. The van der Waals surface area contributed by atoms with Crippen LogP contribution in [0.25, 0.3) is 0 Å². The fourth-order valence-electron chi connectivity index (χ4n) is 0.972. The van der Waals surface area contributed by atoms with E-state index < -0.39 is 0 Å². The first-order valence-electron chi connectivity index (χ1n) is 4.09. The first-order valence-corrected chi connectivity index (χ1v) is 4.47. The topological polar surface area (TPSA) is 46.9 Å². The summed E-state index contributed by atoms with van der Waals surface area (Å²) < 4.78 is 1.58. The van der Waals surface area contributed by atoms with Gasteiger partial charge >= 0.3 is 0 Å². The Hall–Kier alpha value is -1.03. The summed E-state index contributed by atoms with van der Waals surface area (Å²) in [6, 6.07) is 0. The summed E-state index contributed by atoms with van der Waals surface area (Å²) in [5.41, 5.74) is 0.813. The molecule has 0 saturated carbocycles. The third-order valence-electron chi connectivity index (χ3n) is 1.71. The zero-order valence-electron chi connectivity index (χ0n) is 7.67.